The number of nitrogens with one attached hydrogen (secondary N) is 1. The first-order valence-corrected chi connectivity index (χ1v) is 9.33. The van der Waals surface area contributed by atoms with Crippen LogP contribution in [0.5, 0.6) is 0 Å². The summed E-state index contributed by atoms with van der Waals surface area (Å²) in [7, 11) is 0. The second kappa shape index (κ2) is 8.93. The number of aliphatic hydroxyl groups is 1. The fraction of sp³-hybridized carbons (Fsp3) is 0.700. The van der Waals surface area contributed by atoms with E-state index in [4.69, 9.17) is 0 Å². The molecule has 0 bridgehead atoms. The molecule has 2 N–H and O–H groups in total. The predicted molar refractivity (Wildman–Crippen MR) is 97.6 cm³/mol. The lowest BCUT2D eigenvalue weighted by Crippen LogP contribution is -2.49. The summed E-state index contributed by atoms with van der Waals surface area (Å²) >= 11 is 0. The third-order valence-corrected chi connectivity index (χ3v) is 5.64. The highest BCUT2D eigenvalue weighted by Crippen LogP contribution is 2.20. The van der Waals surface area contributed by atoms with Gasteiger partial charge < -0.3 is 15.3 Å². The highest BCUT2D eigenvalue weighted by molar-refractivity contribution is 5.16. The molecule has 2 unspecified atom stereocenters. The second-order valence-electron chi connectivity index (χ2n) is 7.54. The molecule has 4 heteroatoms. The minimum Gasteiger partial charge on any atom is -0.389 e. The fourth-order valence-electron chi connectivity index (χ4n) is 3.26. The van der Waals surface area contributed by atoms with Gasteiger partial charge in [-0.15, -0.1) is 0 Å². The van der Waals surface area contributed by atoms with Crippen LogP contribution in [-0.2, 0) is 6.42 Å². The van der Waals surface area contributed by atoms with Crippen LogP contribution in [0.3, 0.4) is 0 Å². The molecule has 1 aromatic rings. The van der Waals surface area contributed by atoms with Crippen LogP contribution in [-0.4, -0.2) is 47.8 Å². The van der Waals surface area contributed by atoms with E-state index in [0.717, 1.165) is 45.3 Å². The van der Waals surface area contributed by atoms with E-state index in [1.54, 1.807) is 0 Å². The van der Waals surface area contributed by atoms with Crippen LogP contribution >= 0.6 is 0 Å². The van der Waals surface area contributed by atoms with Crippen LogP contribution in [0, 0.1) is 11.7 Å². The smallest absolute Gasteiger partial charge is 0.123 e. The van der Waals surface area contributed by atoms with Gasteiger partial charge in [-0.2, -0.15) is 0 Å². The molecule has 0 spiro atoms. The lowest BCUT2D eigenvalue weighted by molar-refractivity contribution is 0.00137. The van der Waals surface area contributed by atoms with E-state index in [1.807, 2.05) is 19.1 Å². The van der Waals surface area contributed by atoms with Gasteiger partial charge in [-0.1, -0.05) is 32.4 Å². The van der Waals surface area contributed by atoms with Gasteiger partial charge in [-0.25, -0.2) is 4.39 Å². The minimum atomic E-state index is -0.630. The molecule has 0 aliphatic carbocycles. The van der Waals surface area contributed by atoms with Gasteiger partial charge in [-0.05, 0) is 62.9 Å². The number of halogens is 1. The third-order valence-electron chi connectivity index (χ3n) is 5.64. The van der Waals surface area contributed by atoms with Gasteiger partial charge in [0.15, 0.2) is 0 Å². The van der Waals surface area contributed by atoms with Crippen LogP contribution in [0.2, 0.25) is 0 Å². The van der Waals surface area contributed by atoms with Crippen LogP contribution in [0.1, 0.15) is 45.6 Å². The summed E-state index contributed by atoms with van der Waals surface area (Å²) in [6.07, 6.45) is 4.22. The van der Waals surface area contributed by atoms with Gasteiger partial charge in [0.1, 0.15) is 5.82 Å². The Morgan fingerprint density at radius 3 is 2.50 bits per heavy atom. The number of piperidine rings is 1. The minimum absolute atomic E-state index is 0.168. The lowest BCUT2D eigenvalue weighted by atomic mass is 9.88. The number of likely N-dealkylation sites (tertiary alicyclic amines) is 1. The van der Waals surface area contributed by atoms with Crippen LogP contribution in [0.4, 0.5) is 4.39 Å². The van der Waals surface area contributed by atoms with Crippen molar-refractivity contribution < 1.29 is 9.50 Å². The molecule has 0 radical (unpaired) electrons. The van der Waals surface area contributed by atoms with E-state index < -0.39 is 5.60 Å². The molecule has 2 rings (SSSR count). The van der Waals surface area contributed by atoms with Crippen LogP contribution < -0.4 is 5.32 Å². The molecule has 0 saturated carbocycles. The maximum atomic E-state index is 12.9. The molecule has 2 atom stereocenters. The van der Waals surface area contributed by atoms with Crippen molar-refractivity contribution in [3.63, 3.8) is 0 Å². The Morgan fingerprint density at radius 2 is 1.92 bits per heavy atom. The van der Waals surface area contributed by atoms with Crippen molar-refractivity contribution in [2.24, 2.45) is 5.92 Å². The summed E-state index contributed by atoms with van der Waals surface area (Å²) in [6.45, 7) is 10.0. The Kier molecular flexibility index (Phi) is 7.20. The Bertz CT molecular complexity index is 481. The molecule has 24 heavy (non-hydrogen) atoms. The molecule has 1 saturated heterocycles. The fourth-order valence-corrected chi connectivity index (χ4v) is 3.26. The Morgan fingerprint density at radius 1 is 1.29 bits per heavy atom. The van der Waals surface area contributed by atoms with Gasteiger partial charge in [0, 0.05) is 19.1 Å². The van der Waals surface area contributed by atoms with E-state index in [0.29, 0.717) is 18.5 Å². The van der Waals surface area contributed by atoms with Crippen LogP contribution in [0.25, 0.3) is 0 Å². The highest BCUT2D eigenvalue weighted by Gasteiger charge is 2.28. The average molecular weight is 336 g/mol. The van der Waals surface area contributed by atoms with Crippen molar-refractivity contribution >= 4 is 0 Å². The molecular weight excluding hydrogens is 303 g/mol. The van der Waals surface area contributed by atoms with Gasteiger partial charge in [-0.3, -0.25) is 0 Å². The Balaban J connectivity index is 1.67. The topological polar surface area (TPSA) is 35.5 Å². The summed E-state index contributed by atoms with van der Waals surface area (Å²) in [5, 5.41) is 14.1. The van der Waals surface area contributed by atoms with Gasteiger partial charge in [0.2, 0.25) is 0 Å². The molecular formula is C20H33FN2O. The average Bonchev–Trinajstić information content (AvgIpc) is 2.59. The zero-order valence-corrected chi connectivity index (χ0v) is 15.4. The van der Waals surface area contributed by atoms with E-state index in [2.05, 4.69) is 24.1 Å². The molecule has 1 fully saturated rings. The van der Waals surface area contributed by atoms with Crippen molar-refractivity contribution in [2.75, 3.05) is 26.2 Å². The Labute approximate surface area is 146 Å². The molecule has 136 valence electrons. The molecule has 1 aromatic carbocycles. The number of hydrogen-bond acceptors (Lipinski definition) is 3. The summed E-state index contributed by atoms with van der Waals surface area (Å²) < 4.78 is 12.9. The summed E-state index contributed by atoms with van der Waals surface area (Å²) in [4.78, 5) is 2.48. The number of benzene rings is 1. The van der Waals surface area contributed by atoms with Crippen molar-refractivity contribution in [1.29, 1.82) is 0 Å². The standard InChI is InChI=1S/C20H33FN2O/c1-4-16(2)20(3,24)15-22-19-10-13-23(14-11-19)12-9-17-5-7-18(21)8-6-17/h5-8,16,19,22,24H,4,9-15H2,1-3H3. The zero-order valence-electron chi connectivity index (χ0n) is 15.4. The molecule has 0 aromatic heterocycles. The maximum Gasteiger partial charge on any atom is 0.123 e. The van der Waals surface area contributed by atoms with Gasteiger partial charge >= 0.3 is 0 Å². The first kappa shape index (κ1) is 19.4. The number of hydrogen-bond donors (Lipinski definition) is 2. The van der Waals surface area contributed by atoms with Crippen molar-refractivity contribution in [1.82, 2.24) is 10.2 Å². The number of rotatable bonds is 8. The second-order valence-corrected chi connectivity index (χ2v) is 7.54. The predicted octanol–water partition coefficient (Wildman–Crippen LogP) is 3.22. The van der Waals surface area contributed by atoms with Crippen molar-refractivity contribution in [3.8, 4) is 0 Å². The quantitative estimate of drug-likeness (QED) is 0.765. The van der Waals surface area contributed by atoms with Gasteiger partial charge in [0.05, 0.1) is 5.60 Å². The summed E-state index contributed by atoms with van der Waals surface area (Å²) in [5.74, 6) is 0.139. The van der Waals surface area contributed by atoms with E-state index >= 15 is 0 Å². The molecule has 1 aliphatic heterocycles. The van der Waals surface area contributed by atoms with Crippen molar-refractivity contribution in [3.05, 3.63) is 35.6 Å². The van der Waals surface area contributed by atoms with E-state index in [-0.39, 0.29) is 5.82 Å². The lowest BCUT2D eigenvalue weighted by Gasteiger charge is -2.36. The maximum absolute atomic E-state index is 12.9. The third kappa shape index (κ3) is 5.83. The normalized spacial score (nSPS) is 20.7. The molecule has 1 aliphatic rings. The zero-order chi connectivity index (χ0) is 17.6. The van der Waals surface area contributed by atoms with E-state index in [9.17, 15) is 9.50 Å². The highest BCUT2D eigenvalue weighted by atomic mass is 19.1. The first-order valence-electron chi connectivity index (χ1n) is 9.33. The summed E-state index contributed by atoms with van der Waals surface area (Å²) in [6, 6.07) is 7.33. The van der Waals surface area contributed by atoms with Crippen molar-refractivity contribution in [2.45, 2.75) is 58.1 Å². The summed E-state index contributed by atoms with van der Waals surface area (Å²) in [5.41, 5.74) is 0.565. The molecule has 0 amide bonds. The molecule has 1 heterocycles. The largest absolute Gasteiger partial charge is 0.389 e. The first-order chi connectivity index (χ1) is 11.4. The Hall–Kier alpha value is -0.970. The molecule has 3 nitrogen and oxygen atoms in total. The SMILES string of the molecule is CCC(C)C(C)(O)CNC1CCN(CCc2ccc(F)cc2)CC1. The monoisotopic (exact) mass is 336 g/mol. The van der Waals surface area contributed by atoms with Gasteiger partial charge in [0.25, 0.3) is 0 Å². The van der Waals surface area contributed by atoms with Crippen LogP contribution in [0.15, 0.2) is 24.3 Å². The number of nitrogens with zero attached hydrogens (tertiary/aromatic N) is 1. The van der Waals surface area contributed by atoms with E-state index in [1.165, 1.54) is 17.7 Å².